The third kappa shape index (κ3) is 6.57. The fourth-order valence-electron chi connectivity index (χ4n) is 4.10. The van der Waals surface area contributed by atoms with E-state index in [2.05, 4.69) is 41.1 Å². The molecule has 1 aromatic carbocycles. The third-order valence-electron chi connectivity index (χ3n) is 5.61. The number of piperidine rings is 1. The van der Waals surface area contributed by atoms with Crippen molar-refractivity contribution in [2.45, 2.75) is 38.8 Å². The molecule has 162 valence electrons. The van der Waals surface area contributed by atoms with Crippen LogP contribution in [0, 0.1) is 0 Å². The molecule has 7 heteroatoms. The molecular weight excluding hydrogens is 388 g/mol. The normalized spacial score (nSPS) is 20.7. The maximum absolute atomic E-state index is 6.29. The molecular formula is C22H35ClN4O2. The van der Waals surface area contributed by atoms with Crippen LogP contribution in [0.2, 0.25) is 5.02 Å². The van der Waals surface area contributed by atoms with Crippen molar-refractivity contribution >= 4 is 17.6 Å². The molecule has 1 N–H and O–H groups in total. The number of nitrogens with one attached hydrogen (secondary N) is 1. The predicted molar refractivity (Wildman–Crippen MR) is 119 cm³/mol. The van der Waals surface area contributed by atoms with E-state index in [0.717, 1.165) is 76.4 Å². The van der Waals surface area contributed by atoms with E-state index < -0.39 is 0 Å². The fourth-order valence-corrected chi connectivity index (χ4v) is 4.30. The molecule has 0 saturated carbocycles. The SMILES string of the molecule is CCNC(=NCC(c1cccc(Cl)c1)N1CCOCC1)N1CCC(OCC)CC1. The lowest BCUT2D eigenvalue weighted by atomic mass is 10.0. The third-order valence-corrected chi connectivity index (χ3v) is 5.85. The Hall–Kier alpha value is -1.34. The van der Waals surface area contributed by atoms with Crippen LogP contribution < -0.4 is 5.32 Å². The van der Waals surface area contributed by atoms with Crippen LogP contribution in [-0.2, 0) is 9.47 Å². The van der Waals surface area contributed by atoms with Crippen LogP contribution in [0.1, 0.15) is 38.3 Å². The van der Waals surface area contributed by atoms with Crippen molar-refractivity contribution in [3.8, 4) is 0 Å². The van der Waals surface area contributed by atoms with Gasteiger partial charge in [0.25, 0.3) is 0 Å². The van der Waals surface area contributed by atoms with Crippen LogP contribution in [0.3, 0.4) is 0 Å². The fraction of sp³-hybridized carbons (Fsp3) is 0.682. The molecule has 0 spiro atoms. The lowest BCUT2D eigenvalue weighted by Gasteiger charge is -2.36. The lowest BCUT2D eigenvalue weighted by Crippen LogP contribution is -2.47. The summed E-state index contributed by atoms with van der Waals surface area (Å²) >= 11 is 6.29. The number of morpholine rings is 1. The zero-order valence-electron chi connectivity index (χ0n) is 17.8. The number of rotatable bonds is 7. The highest BCUT2D eigenvalue weighted by atomic mass is 35.5. The van der Waals surface area contributed by atoms with Gasteiger partial charge in [-0.2, -0.15) is 0 Å². The van der Waals surface area contributed by atoms with Gasteiger partial charge in [-0.05, 0) is 44.4 Å². The quantitative estimate of drug-likeness (QED) is 0.540. The minimum atomic E-state index is 0.201. The Morgan fingerprint density at radius 3 is 2.66 bits per heavy atom. The first-order valence-corrected chi connectivity index (χ1v) is 11.3. The molecule has 2 aliphatic rings. The first-order valence-electron chi connectivity index (χ1n) is 10.9. The Balaban J connectivity index is 1.72. The topological polar surface area (TPSA) is 49.3 Å². The van der Waals surface area contributed by atoms with Crippen molar-refractivity contribution in [3.63, 3.8) is 0 Å². The van der Waals surface area contributed by atoms with E-state index in [1.54, 1.807) is 0 Å². The second-order valence-corrected chi connectivity index (χ2v) is 7.99. The van der Waals surface area contributed by atoms with Gasteiger partial charge in [0.15, 0.2) is 5.96 Å². The number of aliphatic imine (C=N–C) groups is 1. The summed E-state index contributed by atoms with van der Waals surface area (Å²) in [6.45, 7) is 11.9. The molecule has 0 aliphatic carbocycles. The van der Waals surface area contributed by atoms with E-state index in [9.17, 15) is 0 Å². The minimum Gasteiger partial charge on any atom is -0.379 e. The van der Waals surface area contributed by atoms with Crippen molar-refractivity contribution in [2.24, 2.45) is 4.99 Å². The summed E-state index contributed by atoms with van der Waals surface area (Å²) in [6, 6.07) is 8.38. The number of guanidine groups is 1. The average Bonchev–Trinajstić information content (AvgIpc) is 2.75. The van der Waals surface area contributed by atoms with Gasteiger partial charge in [0, 0.05) is 44.4 Å². The predicted octanol–water partition coefficient (Wildman–Crippen LogP) is 3.18. The average molecular weight is 423 g/mol. The van der Waals surface area contributed by atoms with Crippen LogP contribution in [0.15, 0.2) is 29.3 Å². The van der Waals surface area contributed by atoms with Gasteiger partial charge >= 0.3 is 0 Å². The Bertz CT molecular complexity index is 643. The maximum Gasteiger partial charge on any atom is 0.193 e. The summed E-state index contributed by atoms with van der Waals surface area (Å²) in [4.78, 5) is 9.89. The number of hydrogen-bond donors (Lipinski definition) is 1. The van der Waals surface area contributed by atoms with Gasteiger partial charge in [-0.15, -0.1) is 0 Å². The van der Waals surface area contributed by atoms with Crippen LogP contribution >= 0.6 is 11.6 Å². The second kappa shape index (κ2) is 11.7. The Labute approximate surface area is 180 Å². The molecule has 2 saturated heterocycles. The Kier molecular flexibility index (Phi) is 9.05. The lowest BCUT2D eigenvalue weighted by molar-refractivity contribution is 0.0177. The summed E-state index contributed by atoms with van der Waals surface area (Å²) in [5, 5.41) is 4.26. The molecule has 2 aliphatic heterocycles. The van der Waals surface area contributed by atoms with Crippen molar-refractivity contribution in [1.82, 2.24) is 15.1 Å². The van der Waals surface area contributed by atoms with Gasteiger partial charge in [0.1, 0.15) is 0 Å². The van der Waals surface area contributed by atoms with Gasteiger partial charge in [-0.3, -0.25) is 9.89 Å². The Morgan fingerprint density at radius 2 is 2.00 bits per heavy atom. The van der Waals surface area contributed by atoms with Gasteiger partial charge in [-0.1, -0.05) is 23.7 Å². The molecule has 2 fully saturated rings. The minimum absolute atomic E-state index is 0.201. The highest BCUT2D eigenvalue weighted by Crippen LogP contribution is 2.25. The van der Waals surface area contributed by atoms with E-state index >= 15 is 0 Å². The number of benzene rings is 1. The molecule has 3 rings (SSSR count). The largest absolute Gasteiger partial charge is 0.379 e. The highest BCUT2D eigenvalue weighted by Gasteiger charge is 2.25. The molecule has 1 atom stereocenters. The number of likely N-dealkylation sites (tertiary alicyclic amines) is 1. The van der Waals surface area contributed by atoms with E-state index in [0.29, 0.717) is 12.6 Å². The molecule has 6 nitrogen and oxygen atoms in total. The van der Waals surface area contributed by atoms with Gasteiger partial charge in [0.05, 0.1) is 31.9 Å². The molecule has 0 bridgehead atoms. The molecule has 0 amide bonds. The standard InChI is InChI=1S/C22H35ClN4O2/c1-3-24-22(27-10-8-20(9-11-27)29-4-2)25-17-21(26-12-14-28-15-13-26)18-6-5-7-19(23)16-18/h5-7,16,20-21H,3-4,8-15,17H2,1-2H3,(H,24,25). The zero-order chi connectivity index (χ0) is 20.5. The zero-order valence-corrected chi connectivity index (χ0v) is 18.5. The first kappa shape index (κ1) is 22.3. The van der Waals surface area contributed by atoms with Crippen molar-refractivity contribution in [1.29, 1.82) is 0 Å². The smallest absolute Gasteiger partial charge is 0.193 e. The van der Waals surface area contributed by atoms with Crippen LogP contribution in [0.4, 0.5) is 0 Å². The highest BCUT2D eigenvalue weighted by molar-refractivity contribution is 6.30. The van der Waals surface area contributed by atoms with Gasteiger partial charge in [0.2, 0.25) is 0 Å². The second-order valence-electron chi connectivity index (χ2n) is 7.56. The number of ether oxygens (including phenoxy) is 2. The van der Waals surface area contributed by atoms with Crippen molar-refractivity contribution < 1.29 is 9.47 Å². The summed E-state index contributed by atoms with van der Waals surface area (Å²) in [6.07, 6.45) is 2.49. The molecule has 2 heterocycles. The molecule has 0 radical (unpaired) electrons. The summed E-state index contributed by atoms with van der Waals surface area (Å²) in [5.74, 6) is 1.00. The summed E-state index contributed by atoms with van der Waals surface area (Å²) < 4.78 is 11.4. The van der Waals surface area contributed by atoms with Gasteiger partial charge in [-0.25, -0.2) is 0 Å². The molecule has 29 heavy (non-hydrogen) atoms. The van der Waals surface area contributed by atoms with Crippen LogP contribution in [0.5, 0.6) is 0 Å². The van der Waals surface area contributed by atoms with E-state index in [1.165, 1.54) is 5.56 Å². The number of nitrogens with zero attached hydrogens (tertiary/aromatic N) is 3. The van der Waals surface area contributed by atoms with Crippen LogP contribution in [0.25, 0.3) is 0 Å². The summed E-state index contributed by atoms with van der Waals surface area (Å²) in [7, 11) is 0. The van der Waals surface area contributed by atoms with Gasteiger partial charge < -0.3 is 19.7 Å². The molecule has 1 unspecified atom stereocenters. The van der Waals surface area contributed by atoms with Crippen molar-refractivity contribution in [3.05, 3.63) is 34.9 Å². The van der Waals surface area contributed by atoms with E-state index in [1.807, 2.05) is 12.1 Å². The molecule has 1 aromatic rings. The molecule has 0 aromatic heterocycles. The Morgan fingerprint density at radius 1 is 1.24 bits per heavy atom. The summed E-state index contributed by atoms with van der Waals surface area (Å²) in [5.41, 5.74) is 1.22. The number of hydrogen-bond acceptors (Lipinski definition) is 4. The number of halogens is 1. The van der Waals surface area contributed by atoms with E-state index in [-0.39, 0.29) is 6.04 Å². The first-order chi connectivity index (χ1) is 14.2. The van der Waals surface area contributed by atoms with Crippen molar-refractivity contribution in [2.75, 3.05) is 59.1 Å². The van der Waals surface area contributed by atoms with E-state index in [4.69, 9.17) is 26.1 Å². The van der Waals surface area contributed by atoms with Crippen LogP contribution in [-0.4, -0.2) is 81.0 Å². The monoisotopic (exact) mass is 422 g/mol. The maximum atomic E-state index is 6.29.